The summed E-state index contributed by atoms with van der Waals surface area (Å²) in [7, 11) is -1.76. The maximum atomic E-state index is 10.3. The molecule has 0 fully saturated rings. The topological polar surface area (TPSA) is 29.5 Å². The molecular formula is C18H34O2Si. The Bertz CT molecular complexity index is 391. The molecule has 0 spiro atoms. The molecule has 0 heterocycles. The van der Waals surface area contributed by atoms with Crippen molar-refractivity contribution < 1.29 is 9.53 Å². The van der Waals surface area contributed by atoms with Gasteiger partial charge in [-0.3, -0.25) is 0 Å². The lowest BCUT2D eigenvalue weighted by molar-refractivity contribution is 0.187. The maximum absolute atomic E-state index is 10.3. The van der Waals surface area contributed by atoms with E-state index in [2.05, 4.69) is 53.4 Å². The first kappa shape index (κ1) is 18.7. The number of rotatable bonds is 6. The van der Waals surface area contributed by atoms with E-state index in [0.717, 1.165) is 30.8 Å². The fraction of sp³-hybridized carbons (Fsp3) is 0.778. The van der Waals surface area contributed by atoms with Crippen LogP contribution >= 0.6 is 0 Å². The van der Waals surface area contributed by atoms with Gasteiger partial charge in [-0.1, -0.05) is 45.9 Å². The molecule has 2 nitrogen and oxygen atoms in total. The third-order valence-corrected chi connectivity index (χ3v) is 9.60. The van der Waals surface area contributed by atoms with Gasteiger partial charge in [0.2, 0.25) is 0 Å². The van der Waals surface area contributed by atoms with Crippen LogP contribution in [0.25, 0.3) is 0 Å². The molecule has 0 aromatic heterocycles. The van der Waals surface area contributed by atoms with E-state index in [1.807, 2.05) is 0 Å². The van der Waals surface area contributed by atoms with E-state index in [1.54, 1.807) is 0 Å². The van der Waals surface area contributed by atoms with Crippen molar-refractivity contribution in [2.24, 2.45) is 5.92 Å². The molecule has 21 heavy (non-hydrogen) atoms. The lowest BCUT2D eigenvalue weighted by atomic mass is 9.88. The minimum atomic E-state index is -1.76. The van der Waals surface area contributed by atoms with Crippen molar-refractivity contribution in [1.82, 2.24) is 0 Å². The summed E-state index contributed by atoms with van der Waals surface area (Å²) in [6, 6.07) is 0. The highest BCUT2D eigenvalue weighted by Gasteiger charge is 2.37. The Labute approximate surface area is 132 Å². The van der Waals surface area contributed by atoms with Crippen molar-refractivity contribution in [2.75, 3.05) is 6.61 Å². The van der Waals surface area contributed by atoms with E-state index in [4.69, 9.17) is 4.43 Å². The van der Waals surface area contributed by atoms with Crippen LogP contribution in [0.3, 0.4) is 0 Å². The highest BCUT2D eigenvalue weighted by atomic mass is 28.4. The Morgan fingerprint density at radius 2 is 2.10 bits per heavy atom. The quantitative estimate of drug-likeness (QED) is 0.549. The van der Waals surface area contributed by atoms with Crippen molar-refractivity contribution >= 4 is 8.32 Å². The Morgan fingerprint density at radius 3 is 2.57 bits per heavy atom. The van der Waals surface area contributed by atoms with E-state index in [9.17, 15) is 5.11 Å². The van der Waals surface area contributed by atoms with Gasteiger partial charge in [-0.05, 0) is 55.3 Å². The summed E-state index contributed by atoms with van der Waals surface area (Å²) >= 11 is 0. The van der Waals surface area contributed by atoms with E-state index in [1.165, 1.54) is 12.0 Å². The fourth-order valence-electron chi connectivity index (χ4n) is 2.18. The molecule has 0 saturated carbocycles. The van der Waals surface area contributed by atoms with Crippen LogP contribution in [0.1, 0.15) is 53.4 Å². The molecule has 0 aromatic rings. The predicted molar refractivity (Wildman–Crippen MR) is 94.0 cm³/mol. The van der Waals surface area contributed by atoms with Crippen molar-refractivity contribution in [1.29, 1.82) is 0 Å². The summed E-state index contributed by atoms with van der Waals surface area (Å²) in [5, 5.41) is 10.5. The lowest BCUT2D eigenvalue weighted by Crippen LogP contribution is -2.41. The van der Waals surface area contributed by atoms with Gasteiger partial charge in [0.25, 0.3) is 0 Å². The average molecular weight is 311 g/mol. The number of aliphatic hydroxyl groups excluding tert-OH is 1. The van der Waals surface area contributed by atoms with Gasteiger partial charge in [-0.25, -0.2) is 0 Å². The zero-order valence-electron chi connectivity index (χ0n) is 14.8. The van der Waals surface area contributed by atoms with Gasteiger partial charge in [0.15, 0.2) is 8.32 Å². The summed E-state index contributed by atoms with van der Waals surface area (Å²) in [4.78, 5) is 0. The summed E-state index contributed by atoms with van der Waals surface area (Å²) in [6.07, 6.45) is 6.08. The molecule has 0 radical (unpaired) electrons. The first-order valence-corrected chi connectivity index (χ1v) is 11.1. The fourth-order valence-corrected chi connectivity index (χ4v) is 3.16. The highest BCUT2D eigenvalue weighted by molar-refractivity contribution is 6.74. The third-order valence-electron chi connectivity index (χ3n) is 5.12. The van der Waals surface area contributed by atoms with Crippen LogP contribution in [-0.4, -0.2) is 26.1 Å². The molecule has 1 N–H and O–H groups in total. The Hall–Kier alpha value is -0.383. The lowest BCUT2D eigenvalue weighted by Gasteiger charge is -2.36. The second-order valence-corrected chi connectivity index (χ2v) is 13.0. The minimum Gasteiger partial charge on any atom is -0.413 e. The molecule has 1 rings (SSSR count). The monoisotopic (exact) mass is 310 g/mol. The first-order chi connectivity index (χ1) is 9.53. The summed E-state index contributed by atoms with van der Waals surface area (Å²) < 4.78 is 6.14. The van der Waals surface area contributed by atoms with Gasteiger partial charge in [-0.2, -0.15) is 0 Å². The molecule has 1 aliphatic carbocycles. The van der Waals surface area contributed by atoms with Crippen LogP contribution < -0.4 is 0 Å². The first-order valence-electron chi connectivity index (χ1n) is 8.20. The van der Waals surface area contributed by atoms with E-state index < -0.39 is 14.4 Å². The standard InChI is InChI=1S/C18H34O2Si/c1-14-8-10-16(11-9-14)12-17(19)15(2)13-20-21(6,7)18(3,4)5/h10,14,17,19H,2,8-9,11-13H2,1,3-7H3/t14-,17-/m0/s1. The smallest absolute Gasteiger partial charge is 0.192 e. The second-order valence-electron chi connectivity index (χ2n) is 8.17. The Morgan fingerprint density at radius 1 is 1.48 bits per heavy atom. The zero-order chi connectivity index (χ0) is 16.3. The van der Waals surface area contributed by atoms with Crippen LogP contribution in [0.2, 0.25) is 18.1 Å². The van der Waals surface area contributed by atoms with Gasteiger partial charge in [0.1, 0.15) is 0 Å². The van der Waals surface area contributed by atoms with Gasteiger partial charge in [0.05, 0.1) is 12.7 Å². The molecule has 122 valence electrons. The highest BCUT2D eigenvalue weighted by Crippen LogP contribution is 2.37. The van der Waals surface area contributed by atoms with Crippen LogP contribution in [0, 0.1) is 5.92 Å². The molecule has 3 heteroatoms. The number of aliphatic hydroxyl groups is 1. The van der Waals surface area contributed by atoms with Gasteiger partial charge in [-0.15, -0.1) is 0 Å². The maximum Gasteiger partial charge on any atom is 0.192 e. The van der Waals surface area contributed by atoms with Crippen LogP contribution in [0.5, 0.6) is 0 Å². The predicted octanol–water partition coefficient (Wildman–Crippen LogP) is 5.06. The molecule has 0 aromatic carbocycles. The van der Waals surface area contributed by atoms with Gasteiger partial charge >= 0.3 is 0 Å². The van der Waals surface area contributed by atoms with Gasteiger partial charge in [0, 0.05) is 0 Å². The minimum absolute atomic E-state index is 0.195. The Balaban J connectivity index is 2.45. The van der Waals surface area contributed by atoms with Crippen LogP contribution in [0.15, 0.2) is 23.8 Å². The van der Waals surface area contributed by atoms with Crippen LogP contribution in [0.4, 0.5) is 0 Å². The normalized spacial score (nSPS) is 21.9. The average Bonchev–Trinajstić information content (AvgIpc) is 2.37. The molecular weight excluding hydrogens is 276 g/mol. The van der Waals surface area contributed by atoms with Crippen molar-refractivity contribution in [2.45, 2.75) is 77.6 Å². The number of allylic oxidation sites excluding steroid dienone is 1. The van der Waals surface area contributed by atoms with Crippen molar-refractivity contribution in [3.8, 4) is 0 Å². The molecule has 2 atom stereocenters. The Kier molecular flexibility index (Phi) is 6.45. The van der Waals surface area contributed by atoms with Crippen LogP contribution in [-0.2, 0) is 4.43 Å². The molecule has 0 aliphatic heterocycles. The largest absolute Gasteiger partial charge is 0.413 e. The van der Waals surface area contributed by atoms with Crippen molar-refractivity contribution in [3.63, 3.8) is 0 Å². The molecule has 0 saturated heterocycles. The summed E-state index contributed by atoms with van der Waals surface area (Å²) in [5.74, 6) is 0.788. The summed E-state index contributed by atoms with van der Waals surface area (Å²) in [5.41, 5.74) is 2.20. The molecule has 1 aliphatic rings. The number of hydrogen-bond acceptors (Lipinski definition) is 2. The zero-order valence-corrected chi connectivity index (χ0v) is 15.8. The van der Waals surface area contributed by atoms with Crippen molar-refractivity contribution in [3.05, 3.63) is 23.8 Å². The summed E-state index contributed by atoms with van der Waals surface area (Å²) in [6.45, 7) is 18.0. The van der Waals surface area contributed by atoms with E-state index in [0.29, 0.717) is 6.61 Å². The van der Waals surface area contributed by atoms with E-state index in [-0.39, 0.29) is 5.04 Å². The number of hydrogen-bond donors (Lipinski definition) is 1. The third kappa shape index (κ3) is 5.72. The molecule has 0 unspecified atom stereocenters. The molecule has 0 amide bonds. The molecule has 0 bridgehead atoms. The van der Waals surface area contributed by atoms with E-state index >= 15 is 0 Å². The SMILES string of the molecule is C=C(CO[Si](C)(C)C(C)(C)C)[C@@H](O)CC1=CC[C@H](C)CC1. The second kappa shape index (κ2) is 7.25. The van der Waals surface area contributed by atoms with Gasteiger partial charge < -0.3 is 9.53 Å².